The Morgan fingerprint density at radius 2 is 2.14 bits per heavy atom. The lowest BCUT2D eigenvalue weighted by molar-refractivity contribution is 0.168. The molecule has 0 radical (unpaired) electrons. The minimum Gasteiger partial charge on any atom is -0.472 e. The predicted molar refractivity (Wildman–Crippen MR) is 74.9 cm³/mol. The van der Waals surface area contributed by atoms with Gasteiger partial charge in [0.1, 0.15) is 5.82 Å². The molecule has 0 fully saturated rings. The first-order valence-electron chi connectivity index (χ1n) is 6.05. The van der Waals surface area contributed by atoms with Gasteiger partial charge in [0.05, 0.1) is 28.5 Å². The van der Waals surface area contributed by atoms with Crippen molar-refractivity contribution in [2.24, 2.45) is 0 Å². The van der Waals surface area contributed by atoms with E-state index in [-0.39, 0.29) is 22.9 Å². The zero-order valence-electron chi connectivity index (χ0n) is 10.8. The number of benzene rings is 1. The predicted octanol–water partition coefficient (Wildman–Crippen LogP) is 2.47. The molecule has 21 heavy (non-hydrogen) atoms. The Morgan fingerprint density at radius 1 is 1.38 bits per heavy atom. The molecule has 2 aromatic rings. The van der Waals surface area contributed by atoms with E-state index in [9.17, 15) is 17.9 Å². The molecular weight excluding hydrogens is 321 g/mol. The lowest BCUT2D eigenvalue weighted by atomic mass is 10.1. The van der Waals surface area contributed by atoms with Crippen molar-refractivity contribution < 1.29 is 22.3 Å². The van der Waals surface area contributed by atoms with Crippen molar-refractivity contribution in [3.8, 4) is 0 Å². The normalized spacial score (nSPS) is 13.3. The van der Waals surface area contributed by atoms with Crippen LogP contribution in [0.4, 0.5) is 4.39 Å². The number of rotatable bonds is 6. The van der Waals surface area contributed by atoms with Crippen LogP contribution in [-0.4, -0.2) is 20.1 Å². The van der Waals surface area contributed by atoms with Crippen molar-refractivity contribution in [3.63, 3.8) is 0 Å². The highest BCUT2D eigenvalue weighted by atomic mass is 35.5. The van der Waals surface area contributed by atoms with Crippen molar-refractivity contribution >= 4 is 21.6 Å². The van der Waals surface area contributed by atoms with Gasteiger partial charge in [-0.3, -0.25) is 0 Å². The lowest BCUT2D eigenvalue weighted by Crippen LogP contribution is -2.26. The summed E-state index contributed by atoms with van der Waals surface area (Å²) in [5, 5.41) is 9.52. The van der Waals surface area contributed by atoms with Gasteiger partial charge < -0.3 is 9.52 Å². The summed E-state index contributed by atoms with van der Waals surface area (Å²) in [6.07, 6.45) is 2.15. The maximum atomic E-state index is 13.0. The van der Waals surface area contributed by atoms with Crippen molar-refractivity contribution in [2.45, 2.75) is 17.4 Å². The Kier molecular flexibility index (Phi) is 5.00. The Hall–Kier alpha value is -1.41. The van der Waals surface area contributed by atoms with Gasteiger partial charge in [0.2, 0.25) is 10.0 Å². The molecule has 0 amide bonds. The summed E-state index contributed by atoms with van der Waals surface area (Å²) in [5.74, 6) is -0.689. The molecule has 0 aliphatic carbocycles. The molecule has 2 N–H and O–H groups in total. The topological polar surface area (TPSA) is 79.5 Å². The van der Waals surface area contributed by atoms with Crippen LogP contribution in [0.1, 0.15) is 18.1 Å². The Balaban J connectivity index is 1.96. The third-order valence-electron chi connectivity index (χ3n) is 2.84. The van der Waals surface area contributed by atoms with Crippen LogP contribution < -0.4 is 4.72 Å². The summed E-state index contributed by atoms with van der Waals surface area (Å²) in [7, 11) is -3.80. The molecular formula is C13H13ClFNO4S. The molecule has 1 aromatic heterocycles. The maximum absolute atomic E-state index is 13.0. The highest BCUT2D eigenvalue weighted by Gasteiger charge is 2.16. The van der Waals surface area contributed by atoms with Crippen molar-refractivity contribution in [1.29, 1.82) is 0 Å². The third kappa shape index (κ3) is 4.04. The monoisotopic (exact) mass is 333 g/mol. The van der Waals surface area contributed by atoms with E-state index < -0.39 is 21.9 Å². The van der Waals surface area contributed by atoms with Gasteiger partial charge in [-0.25, -0.2) is 17.5 Å². The molecule has 5 nitrogen and oxygen atoms in total. The molecule has 0 unspecified atom stereocenters. The van der Waals surface area contributed by atoms with E-state index in [2.05, 4.69) is 4.72 Å². The molecule has 8 heteroatoms. The van der Waals surface area contributed by atoms with Crippen molar-refractivity contribution in [2.75, 3.05) is 6.54 Å². The Labute approximate surface area is 126 Å². The molecule has 0 spiro atoms. The molecule has 1 heterocycles. The number of hydrogen-bond acceptors (Lipinski definition) is 4. The first kappa shape index (κ1) is 16.0. The van der Waals surface area contributed by atoms with Crippen molar-refractivity contribution in [3.05, 3.63) is 53.2 Å². The standard InChI is InChI=1S/C13H13ClFNO4S/c14-11-7-10(1-2-12(11)15)21(18,19)16-5-3-13(17)9-4-6-20-8-9/h1-2,4,6-8,13,16-17H,3,5H2/t13-/m1/s1. The molecule has 1 atom stereocenters. The van der Waals surface area contributed by atoms with Gasteiger partial charge in [0.15, 0.2) is 0 Å². The fourth-order valence-electron chi connectivity index (χ4n) is 1.69. The number of nitrogens with one attached hydrogen (secondary N) is 1. The summed E-state index contributed by atoms with van der Waals surface area (Å²) in [4.78, 5) is -0.133. The second kappa shape index (κ2) is 6.57. The lowest BCUT2D eigenvalue weighted by Gasteiger charge is -2.10. The first-order valence-corrected chi connectivity index (χ1v) is 7.91. The fourth-order valence-corrected chi connectivity index (χ4v) is 3.01. The van der Waals surface area contributed by atoms with Gasteiger partial charge in [0, 0.05) is 12.1 Å². The number of hydrogen-bond donors (Lipinski definition) is 2. The second-order valence-electron chi connectivity index (χ2n) is 4.33. The zero-order valence-corrected chi connectivity index (χ0v) is 12.4. The second-order valence-corrected chi connectivity index (χ2v) is 6.51. The average Bonchev–Trinajstić information content (AvgIpc) is 2.95. The molecule has 0 aliphatic heterocycles. The van der Waals surface area contributed by atoms with E-state index in [1.54, 1.807) is 6.07 Å². The molecule has 0 saturated carbocycles. The smallest absolute Gasteiger partial charge is 0.240 e. The van der Waals surface area contributed by atoms with E-state index in [1.165, 1.54) is 12.5 Å². The Morgan fingerprint density at radius 3 is 2.76 bits per heavy atom. The minimum absolute atomic E-state index is 0.0175. The number of halogens is 2. The maximum Gasteiger partial charge on any atom is 0.240 e. The summed E-state index contributed by atoms with van der Waals surface area (Å²) in [6.45, 7) is 0.0175. The third-order valence-corrected chi connectivity index (χ3v) is 4.59. The quantitative estimate of drug-likeness (QED) is 0.851. The fraction of sp³-hybridized carbons (Fsp3) is 0.231. The van der Waals surface area contributed by atoms with E-state index in [1.807, 2.05) is 0 Å². The zero-order chi connectivity index (χ0) is 15.5. The van der Waals surface area contributed by atoms with Gasteiger partial charge in [-0.1, -0.05) is 11.6 Å². The van der Waals surface area contributed by atoms with E-state index in [0.717, 1.165) is 18.2 Å². The SMILES string of the molecule is O=S(=O)(NCC[C@@H](O)c1ccoc1)c1ccc(F)c(Cl)c1. The largest absolute Gasteiger partial charge is 0.472 e. The van der Waals surface area contributed by atoms with Crippen LogP contribution in [0.5, 0.6) is 0 Å². The van der Waals surface area contributed by atoms with Crippen LogP contribution in [-0.2, 0) is 10.0 Å². The van der Waals surface area contributed by atoms with Crippen LogP contribution in [0.15, 0.2) is 46.1 Å². The number of furan rings is 1. The summed E-state index contributed by atoms with van der Waals surface area (Å²) >= 11 is 5.55. The van der Waals surface area contributed by atoms with Crippen molar-refractivity contribution in [1.82, 2.24) is 4.72 Å². The van der Waals surface area contributed by atoms with E-state index >= 15 is 0 Å². The summed E-state index contributed by atoms with van der Waals surface area (Å²) in [5.41, 5.74) is 0.569. The van der Waals surface area contributed by atoms with E-state index in [0.29, 0.717) is 5.56 Å². The Bertz CT molecular complexity index is 703. The molecule has 0 saturated heterocycles. The average molecular weight is 334 g/mol. The van der Waals surface area contributed by atoms with Crippen LogP contribution in [0.25, 0.3) is 0 Å². The highest BCUT2D eigenvalue weighted by molar-refractivity contribution is 7.89. The van der Waals surface area contributed by atoms with Crippen LogP contribution in [0, 0.1) is 5.82 Å². The van der Waals surface area contributed by atoms with Crippen LogP contribution in [0.3, 0.4) is 0 Å². The van der Waals surface area contributed by atoms with Gasteiger partial charge in [-0.15, -0.1) is 0 Å². The molecule has 2 rings (SSSR count). The van der Waals surface area contributed by atoms with Crippen LogP contribution in [0.2, 0.25) is 5.02 Å². The molecule has 114 valence electrons. The van der Waals surface area contributed by atoms with Crippen LogP contribution >= 0.6 is 11.6 Å². The molecule has 0 aliphatic rings. The minimum atomic E-state index is -3.80. The summed E-state index contributed by atoms with van der Waals surface area (Å²) < 4.78 is 44.1. The summed E-state index contributed by atoms with van der Waals surface area (Å²) in [6, 6.07) is 4.73. The van der Waals surface area contributed by atoms with Gasteiger partial charge in [0.25, 0.3) is 0 Å². The first-order chi connectivity index (χ1) is 9.90. The number of sulfonamides is 1. The highest BCUT2D eigenvalue weighted by Crippen LogP contribution is 2.20. The van der Waals surface area contributed by atoms with E-state index in [4.69, 9.17) is 16.0 Å². The van der Waals surface area contributed by atoms with Gasteiger partial charge >= 0.3 is 0 Å². The molecule has 0 bridgehead atoms. The van der Waals surface area contributed by atoms with Gasteiger partial charge in [-0.2, -0.15) is 0 Å². The number of aliphatic hydroxyl groups is 1. The molecule has 1 aromatic carbocycles. The van der Waals surface area contributed by atoms with Gasteiger partial charge in [-0.05, 0) is 30.7 Å². The number of aliphatic hydroxyl groups excluding tert-OH is 1.